The normalized spacial score (nSPS) is 39.7. The SMILES string of the molecule is C=C1C[C@@H](O)[C@H]2O[C@@]2(C)CC[C@@H]2/C(=C\C=C\C(C)(C)OC)COC(=O)[C@@H]12. The molecule has 2 heterocycles. The highest BCUT2D eigenvalue weighted by atomic mass is 16.6. The van der Waals surface area contributed by atoms with Gasteiger partial charge in [0, 0.05) is 13.0 Å². The minimum atomic E-state index is -0.615. The van der Waals surface area contributed by atoms with Gasteiger partial charge in [-0.25, -0.2) is 0 Å². The number of aliphatic hydroxyl groups excluding tert-OH is 1. The van der Waals surface area contributed by atoms with Gasteiger partial charge in [-0.15, -0.1) is 0 Å². The van der Waals surface area contributed by atoms with E-state index in [2.05, 4.69) is 6.58 Å². The summed E-state index contributed by atoms with van der Waals surface area (Å²) < 4.78 is 16.6. The molecule has 0 amide bonds. The summed E-state index contributed by atoms with van der Waals surface area (Å²) in [5.41, 5.74) is 1.17. The Morgan fingerprint density at radius 1 is 1.42 bits per heavy atom. The van der Waals surface area contributed by atoms with Gasteiger partial charge in [-0.05, 0) is 45.6 Å². The van der Waals surface area contributed by atoms with E-state index in [1.165, 1.54) is 0 Å². The Morgan fingerprint density at radius 2 is 2.15 bits per heavy atom. The number of carbonyl (C=O) groups excluding carboxylic acids is 1. The lowest BCUT2D eigenvalue weighted by Gasteiger charge is -2.34. The molecule has 0 bridgehead atoms. The van der Waals surface area contributed by atoms with Gasteiger partial charge in [-0.2, -0.15) is 0 Å². The lowest BCUT2D eigenvalue weighted by atomic mass is 9.76. The van der Waals surface area contributed by atoms with Crippen molar-refractivity contribution in [2.24, 2.45) is 11.8 Å². The van der Waals surface area contributed by atoms with Crippen LogP contribution in [0.15, 0.2) is 36.0 Å². The molecular weight excluding hydrogens is 332 g/mol. The van der Waals surface area contributed by atoms with Crippen LogP contribution in [0.5, 0.6) is 0 Å². The van der Waals surface area contributed by atoms with Crippen LogP contribution in [0.25, 0.3) is 0 Å². The summed E-state index contributed by atoms with van der Waals surface area (Å²) in [4.78, 5) is 12.5. The third-order valence-corrected chi connectivity index (χ3v) is 6.00. The van der Waals surface area contributed by atoms with Gasteiger partial charge in [0.25, 0.3) is 0 Å². The van der Waals surface area contributed by atoms with E-state index >= 15 is 0 Å². The molecule has 0 aromatic rings. The smallest absolute Gasteiger partial charge is 0.314 e. The fourth-order valence-corrected chi connectivity index (χ4v) is 4.06. The first-order valence-electron chi connectivity index (χ1n) is 9.30. The van der Waals surface area contributed by atoms with Gasteiger partial charge in [0.2, 0.25) is 0 Å². The van der Waals surface area contributed by atoms with Gasteiger partial charge in [-0.3, -0.25) is 4.79 Å². The minimum absolute atomic E-state index is 0.0334. The van der Waals surface area contributed by atoms with E-state index in [1.54, 1.807) is 7.11 Å². The molecule has 0 aromatic carbocycles. The van der Waals surface area contributed by atoms with Crippen molar-refractivity contribution in [3.63, 3.8) is 0 Å². The summed E-state index contributed by atoms with van der Waals surface area (Å²) in [5.74, 6) is -0.590. The zero-order chi connectivity index (χ0) is 19.1. The van der Waals surface area contributed by atoms with Crippen LogP contribution in [0.1, 0.15) is 40.0 Å². The molecule has 3 rings (SSSR count). The first-order chi connectivity index (χ1) is 12.2. The van der Waals surface area contributed by atoms with Gasteiger partial charge in [-0.1, -0.05) is 30.4 Å². The number of allylic oxidation sites excluding steroid dienone is 2. The Labute approximate surface area is 155 Å². The van der Waals surface area contributed by atoms with Gasteiger partial charge >= 0.3 is 5.97 Å². The Balaban J connectivity index is 1.86. The molecule has 0 unspecified atom stereocenters. The molecule has 0 radical (unpaired) electrons. The number of fused-ring (bicyclic) bond motifs is 2. The van der Waals surface area contributed by atoms with E-state index in [0.29, 0.717) is 13.0 Å². The summed E-state index contributed by atoms with van der Waals surface area (Å²) in [7, 11) is 1.68. The van der Waals surface area contributed by atoms with Crippen molar-refractivity contribution in [3.05, 3.63) is 36.0 Å². The van der Waals surface area contributed by atoms with Crippen molar-refractivity contribution in [1.29, 1.82) is 0 Å². The molecule has 0 aromatic heterocycles. The van der Waals surface area contributed by atoms with Crippen molar-refractivity contribution in [2.75, 3.05) is 13.7 Å². The molecule has 26 heavy (non-hydrogen) atoms. The quantitative estimate of drug-likeness (QED) is 0.475. The molecule has 2 aliphatic heterocycles. The molecule has 0 spiro atoms. The largest absolute Gasteiger partial charge is 0.461 e. The zero-order valence-corrected chi connectivity index (χ0v) is 16.2. The Kier molecular flexibility index (Phi) is 5.17. The number of rotatable bonds is 3. The average Bonchev–Trinajstić information content (AvgIpc) is 3.25. The number of hydrogen-bond donors (Lipinski definition) is 1. The minimum Gasteiger partial charge on any atom is -0.461 e. The Hall–Kier alpha value is -1.43. The van der Waals surface area contributed by atoms with Gasteiger partial charge in [0.15, 0.2) is 0 Å². The van der Waals surface area contributed by atoms with E-state index in [9.17, 15) is 9.90 Å². The molecule has 1 N–H and O–H groups in total. The summed E-state index contributed by atoms with van der Waals surface area (Å²) in [5, 5.41) is 10.4. The summed E-state index contributed by atoms with van der Waals surface area (Å²) in [6.45, 7) is 10.4. The van der Waals surface area contributed by atoms with Gasteiger partial charge < -0.3 is 19.3 Å². The average molecular weight is 362 g/mol. The standard InChI is InChI=1S/C21H30O5/c1-13-11-16(22)18-21(4,26-18)10-8-15-14(12-25-19(23)17(13)15)7-6-9-20(2,3)24-5/h6-7,9,15-18,22H,1,8,10-12H2,2-5H3/b9-6+,14-7-/t15-,16-,17+,18-,21+/m1/s1. The number of epoxide rings is 1. The van der Waals surface area contributed by atoms with E-state index in [4.69, 9.17) is 14.2 Å². The maximum Gasteiger partial charge on any atom is 0.314 e. The van der Waals surface area contributed by atoms with Gasteiger partial charge in [0.05, 0.1) is 23.2 Å². The number of esters is 1. The third-order valence-electron chi connectivity index (χ3n) is 6.00. The lowest BCUT2D eigenvalue weighted by molar-refractivity contribution is -0.151. The molecule has 3 aliphatic rings. The Morgan fingerprint density at radius 3 is 2.85 bits per heavy atom. The van der Waals surface area contributed by atoms with Crippen LogP contribution in [-0.2, 0) is 19.0 Å². The number of hydrogen-bond acceptors (Lipinski definition) is 5. The lowest BCUT2D eigenvalue weighted by Crippen LogP contribution is -2.36. The number of cyclic esters (lactones) is 1. The van der Waals surface area contributed by atoms with E-state index < -0.39 is 12.0 Å². The number of methoxy groups -OCH3 is 1. The fraction of sp³-hybridized carbons (Fsp3) is 0.667. The molecule has 3 fully saturated rings. The predicted octanol–water partition coefficient (Wildman–Crippen LogP) is 2.94. The third kappa shape index (κ3) is 3.80. The van der Waals surface area contributed by atoms with Crippen LogP contribution in [0, 0.1) is 11.8 Å². The highest BCUT2D eigenvalue weighted by molar-refractivity contribution is 5.78. The number of carbonyl (C=O) groups is 1. The predicted molar refractivity (Wildman–Crippen MR) is 98.5 cm³/mol. The second-order valence-corrected chi connectivity index (χ2v) is 8.42. The van der Waals surface area contributed by atoms with Crippen LogP contribution in [-0.4, -0.2) is 48.2 Å². The van der Waals surface area contributed by atoms with Crippen molar-refractivity contribution < 1.29 is 24.1 Å². The molecule has 1 aliphatic carbocycles. The van der Waals surface area contributed by atoms with Crippen LogP contribution in [0.3, 0.4) is 0 Å². The molecule has 144 valence electrons. The second kappa shape index (κ2) is 6.95. The molecule has 2 saturated heterocycles. The van der Waals surface area contributed by atoms with Gasteiger partial charge in [0.1, 0.15) is 12.7 Å². The monoisotopic (exact) mass is 362 g/mol. The molecule has 1 saturated carbocycles. The van der Waals surface area contributed by atoms with E-state index in [-0.39, 0.29) is 29.2 Å². The first kappa shape index (κ1) is 19.3. The van der Waals surface area contributed by atoms with Crippen molar-refractivity contribution in [3.8, 4) is 0 Å². The van der Waals surface area contributed by atoms with Crippen LogP contribution in [0.2, 0.25) is 0 Å². The number of ether oxygens (including phenoxy) is 3. The first-order valence-corrected chi connectivity index (χ1v) is 9.30. The van der Waals surface area contributed by atoms with Crippen molar-refractivity contribution in [2.45, 2.75) is 63.4 Å². The topological polar surface area (TPSA) is 68.3 Å². The van der Waals surface area contributed by atoms with Crippen molar-refractivity contribution in [1.82, 2.24) is 0 Å². The molecule has 5 atom stereocenters. The summed E-state index contributed by atoms with van der Waals surface area (Å²) in [6, 6.07) is 0. The second-order valence-electron chi connectivity index (χ2n) is 8.42. The van der Waals surface area contributed by atoms with E-state index in [0.717, 1.165) is 24.0 Å². The fourth-order valence-electron chi connectivity index (χ4n) is 4.06. The molecule has 5 heteroatoms. The van der Waals surface area contributed by atoms with Crippen LogP contribution < -0.4 is 0 Å². The molecule has 5 nitrogen and oxygen atoms in total. The van der Waals surface area contributed by atoms with Crippen LogP contribution >= 0.6 is 0 Å². The molecular formula is C21H30O5. The van der Waals surface area contributed by atoms with Crippen molar-refractivity contribution >= 4 is 5.97 Å². The maximum absolute atomic E-state index is 12.5. The Bertz CT molecular complexity index is 647. The maximum atomic E-state index is 12.5. The van der Waals surface area contributed by atoms with Crippen LogP contribution in [0.4, 0.5) is 0 Å². The summed E-state index contributed by atoms with van der Waals surface area (Å²) in [6.07, 6.45) is 7.20. The van der Waals surface area contributed by atoms with E-state index in [1.807, 2.05) is 39.0 Å². The number of aliphatic hydroxyl groups is 1. The zero-order valence-electron chi connectivity index (χ0n) is 16.2. The summed E-state index contributed by atoms with van der Waals surface area (Å²) >= 11 is 0. The highest BCUT2D eigenvalue weighted by Gasteiger charge is 2.57. The highest BCUT2D eigenvalue weighted by Crippen LogP contribution is 2.49.